The molecule has 1 aromatic carbocycles. The van der Waals surface area contributed by atoms with Crippen molar-refractivity contribution in [2.45, 2.75) is 32.7 Å². The van der Waals surface area contributed by atoms with Gasteiger partial charge in [-0.3, -0.25) is 4.90 Å². The quantitative estimate of drug-likeness (QED) is 0.813. The first-order valence-electron chi connectivity index (χ1n) is 5.76. The largest absolute Gasteiger partial charge is 0.336 e. The lowest BCUT2D eigenvalue weighted by molar-refractivity contribution is 0.252. The number of carbonyl (C=O) groups excluding carboxylic acids is 1. The Balaban J connectivity index is 2.24. The molecular formula is C13H18N2O. The maximum absolute atomic E-state index is 11.6. The van der Waals surface area contributed by atoms with Crippen LogP contribution in [0.1, 0.15) is 32.3 Å². The van der Waals surface area contributed by atoms with Gasteiger partial charge in [0, 0.05) is 12.2 Å². The van der Waals surface area contributed by atoms with Gasteiger partial charge < -0.3 is 5.32 Å². The molecule has 2 amide bonds. The van der Waals surface area contributed by atoms with Crippen molar-refractivity contribution in [1.82, 2.24) is 5.32 Å². The summed E-state index contributed by atoms with van der Waals surface area (Å²) in [6.45, 7) is 7.11. The van der Waals surface area contributed by atoms with Crippen molar-refractivity contribution in [1.29, 1.82) is 0 Å². The van der Waals surface area contributed by atoms with Crippen molar-refractivity contribution in [2.24, 2.45) is 0 Å². The third-order valence-corrected chi connectivity index (χ3v) is 3.05. The van der Waals surface area contributed by atoms with Crippen LogP contribution in [-0.2, 0) is 0 Å². The Morgan fingerprint density at radius 1 is 1.31 bits per heavy atom. The van der Waals surface area contributed by atoms with Gasteiger partial charge in [-0.05, 0) is 30.5 Å². The van der Waals surface area contributed by atoms with Gasteiger partial charge in [0.25, 0.3) is 0 Å². The number of anilines is 1. The molecule has 0 radical (unpaired) electrons. The smallest absolute Gasteiger partial charge is 0.322 e. The van der Waals surface area contributed by atoms with Gasteiger partial charge in [0.2, 0.25) is 0 Å². The molecular weight excluding hydrogens is 200 g/mol. The van der Waals surface area contributed by atoms with Crippen molar-refractivity contribution in [2.75, 3.05) is 11.4 Å². The second-order valence-corrected chi connectivity index (χ2v) is 4.65. The monoisotopic (exact) mass is 218 g/mol. The minimum Gasteiger partial charge on any atom is -0.336 e. The van der Waals surface area contributed by atoms with Crippen molar-refractivity contribution in [3.63, 3.8) is 0 Å². The summed E-state index contributed by atoms with van der Waals surface area (Å²) in [5.41, 5.74) is 2.28. The molecule has 86 valence electrons. The van der Waals surface area contributed by atoms with E-state index in [0.29, 0.717) is 5.92 Å². The number of benzene rings is 1. The Morgan fingerprint density at radius 3 is 2.38 bits per heavy atom. The normalized spacial score (nSPS) is 20.4. The van der Waals surface area contributed by atoms with E-state index in [4.69, 9.17) is 0 Å². The molecule has 3 heteroatoms. The van der Waals surface area contributed by atoms with Gasteiger partial charge in [0.15, 0.2) is 0 Å². The molecule has 1 fully saturated rings. The summed E-state index contributed by atoms with van der Waals surface area (Å²) in [6.07, 6.45) is 0. The number of urea groups is 1. The Hall–Kier alpha value is -1.51. The van der Waals surface area contributed by atoms with Gasteiger partial charge in [-0.1, -0.05) is 26.0 Å². The zero-order valence-corrected chi connectivity index (χ0v) is 10.0. The SMILES string of the molecule is CC(C)c1ccc(N2C(=O)NC[C@H]2C)cc1. The number of amides is 2. The van der Waals surface area contributed by atoms with Crippen molar-refractivity contribution >= 4 is 11.7 Å². The van der Waals surface area contributed by atoms with Crippen LogP contribution in [0.3, 0.4) is 0 Å². The molecule has 0 unspecified atom stereocenters. The Bertz CT molecular complexity index is 383. The van der Waals surface area contributed by atoms with Crippen LogP contribution in [0.15, 0.2) is 24.3 Å². The molecule has 1 N–H and O–H groups in total. The van der Waals surface area contributed by atoms with Crippen LogP contribution in [0.4, 0.5) is 10.5 Å². The number of hydrogen-bond donors (Lipinski definition) is 1. The molecule has 1 heterocycles. The van der Waals surface area contributed by atoms with Gasteiger partial charge in [-0.15, -0.1) is 0 Å². The van der Waals surface area contributed by atoms with Gasteiger partial charge in [0.1, 0.15) is 0 Å². The van der Waals surface area contributed by atoms with E-state index in [1.165, 1.54) is 5.56 Å². The molecule has 1 atom stereocenters. The van der Waals surface area contributed by atoms with Crippen LogP contribution < -0.4 is 10.2 Å². The van der Waals surface area contributed by atoms with E-state index >= 15 is 0 Å². The van der Waals surface area contributed by atoms with E-state index in [-0.39, 0.29) is 12.1 Å². The van der Waals surface area contributed by atoms with E-state index in [1.807, 2.05) is 24.0 Å². The fourth-order valence-electron chi connectivity index (χ4n) is 2.00. The van der Waals surface area contributed by atoms with Crippen LogP contribution in [0.2, 0.25) is 0 Å². The lowest BCUT2D eigenvalue weighted by Crippen LogP contribution is -2.32. The van der Waals surface area contributed by atoms with E-state index in [2.05, 4.69) is 31.3 Å². The minimum absolute atomic E-state index is 0.00444. The van der Waals surface area contributed by atoms with Gasteiger partial charge in [-0.25, -0.2) is 4.79 Å². The Kier molecular flexibility index (Phi) is 2.86. The number of nitrogens with zero attached hydrogens (tertiary/aromatic N) is 1. The van der Waals surface area contributed by atoms with E-state index < -0.39 is 0 Å². The maximum atomic E-state index is 11.6. The van der Waals surface area contributed by atoms with E-state index in [9.17, 15) is 4.79 Å². The van der Waals surface area contributed by atoms with E-state index in [1.54, 1.807) is 0 Å². The molecule has 0 aliphatic carbocycles. The molecule has 1 aromatic rings. The number of hydrogen-bond acceptors (Lipinski definition) is 1. The average molecular weight is 218 g/mol. The third kappa shape index (κ3) is 1.90. The number of nitrogens with one attached hydrogen (secondary N) is 1. The fourth-order valence-corrected chi connectivity index (χ4v) is 2.00. The highest BCUT2D eigenvalue weighted by atomic mass is 16.2. The molecule has 0 aromatic heterocycles. The van der Waals surface area contributed by atoms with Crippen LogP contribution in [-0.4, -0.2) is 18.6 Å². The third-order valence-electron chi connectivity index (χ3n) is 3.05. The Morgan fingerprint density at radius 2 is 1.94 bits per heavy atom. The zero-order chi connectivity index (χ0) is 11.7. The van der Waals surface area contributed by atoms with Gasteiger partial charge in [0.05, 0.1) is 6.04 Å². The Labute approximate surface area is 96.5 Å². The first-order valence-corrected chi connectivity index (χ1v) is 5.76. The van der Waals surface area contributed by atoms with Gasteiger partial charge in [-0.2, -0.15) is 0 Å². The summed E-state index contributed by atoms with van der Waals surface area (Å²) in [4.78, 5) is 13.4. The molecule has 3 nitrogen and oxygen atoms in total. The molecule has 1 saturated heterocycles. The van der Waals surface area contributed by atoms with Crippen LogP contribution >= 0.6 is 0 Å². The highest BCUT2D eigenvalue weighted by Gasteiger charge is 2.28. The molecule has 0 saturated carbocycles. The summed E-state index contributed by atoms with van der Waals surface area (Å²) in [5, 5.41) is 2.84. The standard InChI is InChI=1S/C13H18N2O/c1-9(2)11-4-6-12(7-5-11)15-10(3)8-14-13(15)16/h4-7,9-10H,8H2,1-3H3,(H,14,16)/t10-/m1/s1. The number of carbonyl (C=O) groups is 1. The second-order valence-electron chi connectivity index (χ2n) is 4.65. The first kappa shape index (κ1) is 11.0. The van der Waals surface area contributed by atoms with Crippen LogP contribution in [0.5, 0.6) is 0 Å². The lowest BCUT2D eigenvalue weighted by atomic mass is 10.0. The zero-order valence-electron chi connectivity index (χ0n) is 10.0. The minimum atomic E-state index is 0.00444. The summed E-state index contributed by atoms with van der Waals surface area (Å²) in [5.74, 6) is 0.527. The van der Waals surface area contributed by atoms with Gasteiger partial charge >= 0.3 is 6.03 Å². The summed E-state index contributed by atoms with van der Waals surface area (Å²) >= 11 is 0. The summed E-state index contributed by atoms with van der Waals surface area (Å²) < 4.78 is 0. The predicted octanol–water partition coefficient (Wildman–Crippen LogP) is 2.73. The average Bonchev–Trinajstić information content (AvgIpc) is 2.59. The first-order chi connectivity index (χ1) is 7.59. The fraction of sp³-hybridized carbons (Fsp3) is 0.462. The van der Waals surface area contributed by atoms with Crippen molar-refractivity contribution in [3.8, 4) is 0 Å². The molecule has 0 bridgehead atoms. The highest BCUT2D eigenvalue weighted by Crippen LogP contribution is 2.23. The van der Waals surface area contributed by atoms with Crippen LogP contribution in [0.25, 0.3) is 0 Å². The lowest BCUT2D eigenvalue weighted by Gasteiger charge is -2.20. The number of rotatable bonds is 2. The van der Waals surface area contributed by atoms with Crippen LogP contribution in [0, 0.1) is 0 Å². The highest BCUT2D eigenvalue weighted by molar-refractivity contribution is 5.94. The second kappa shape index (κ2) is 4.16. The molecule has 1 aliphatic heterocycles. The van der Waals surface area contributed by atoms with Crippen molar-refractivity contribution < 1.29 is 4.79 Å². The van der Waals surface area contributed by atoms with E-state index in [0.717, 1.165) is 12.2 Å². The summed E-state index contributed by atoms with van der Waals surface area (Å²) in [7, 11) is 0. The predicted molar refractivity (Wildman–Crippen MR) is 65.9 cm³/mol. The molecule has 1 aliphatic rings. The molecule has 0 spiro atoms. The molecule has 2 rings (SSSR count). The maximum Gasteiger partial charge on any atom is 0.322 e. The molecule has 16 heavy (non-hydrogen) atoms. The topological polar surface area (TPSA) is 32.3 Å². The summed E-state index contributed by atoms with van der Waals surface area (Å²) in [6, 6.07) is 8.48. The van der Waals surface area contributed by atoms with Crippen molar-refractivity contribution in [3.05, 3.63) is 29.8 Å².